The van der Waals surface area contributed by atoms with E-state index in [9.17, 15) is 0 Å². The third-order valence-corrected chi connectivity index (χ3v) is 5.17. The highest BCUT2D eigenvalue weighted by molar-refractivity contribution is 6.08. The van der Waals surface area contributed by atoms with Crippen molar-refractivity contribution in [3.63, 3.8) is 0 Å². The summed E-state index contributed by atoms with van der Waals surface area (Å²) < 4.78 is 5.62. The molecule has 1 aromatic heterocycles. The van der Waals surface area contributed by atoms with Gasteiger partial charge in [0, 0.05) is 38.9 Å². The molecule has 0 unspecified atom stereocenters. The van der Waals surface area contributed by atoms with Gasteiger partial charge in [0.2, 0.25) is 0 Å². The van der Waals surface area contributed by atoms with E-state index in [2.05, 4.69) is 88.7 Å². The molecular formula is C26H22N2O. The van der Waals surface area contributed by atoms with E-state index in [1.165, 1.54) is 10.8 Å². The highest BCUT2D eigenvalue weighted by Gasteiger charge is 2.14. The zero-order valence-corrected chi connectivity index (χ0v) is 16.3. The van der Waals surface area contributed by atoms with E-state index in [0.717, 1.165) is 33.8 Å². The predicted octanol–water partition coefficient (Wildman–Crippen LogP) is 7.19. The van der Waals surface area contributed by atoms with E-state index in [4.69, 9.17) is 4.74 Å². The summed E-state index contributed by atoms with van der Waals surface area (Å²) in [7, 11) is 0. The molecule has 29 heavy (non-hydrogen) atoms. The average molecular weight is 378 g/mol. The Labute approximate surface area is 170 Å². The van der Waals surface area contributed by atoms with E-state index in [1.807, 2.05) is 25.1 Å². The van der Waals surface area contributed by atoms with Crippen LogP contribution >= 0.6 is 0 Å². The summed E-state index contributed by atoms with van der Waals surface area (Å²) in [4.78, 5) is 5.78. The first kappa shape index (κ1) is 17.4. The lowest BCUT2D eigenvalue weighted by molar-refractivity contribution is 0.340. The maximum absolute atomic E-state index is 5.62. The lowest BCUT2D eigenvalue weighted by Crippen LogP contribution is -2.09. The van der Waals surface area contributed by atoms with Crippen molar-refractivity contribution in [1.29, 1.82) is 0 Å². The first-order chi connectivity index (χ1) is 14.3. The summed E-state index contributed by atoms with van der Waals surface area (Å²) in [5.41, 5.74) is 5.65. The maximum Gasteiger partial charge on any atom is 0.119 e. The number of nitrogens with zero attached hydrogens (tertiary/aromatic N) is 1. The number of nitrogens with one attached hydrogen (secondary N) is 1. The Morgan fingerprint density at radius 3 is 2.10 bits per heavy atom. The molecule has 0 bridgehead atoms. The Kier molecular flexibility index (Phi) is 4.41. The van der Waals surface area contributed by atoms with Crippen LogP contribution in [0.1, 0.15) is 6.92 Å². The van der Waals surface area contributed by atoms with Crippen LogP contribution in [0, 0.1) is 0 Å². The average Bonchev–Trinajstić information content (AvgIpc) is 3.14. The summed E-state index contributed by atoms with van der Waals surface area (Å²) in [6.45, 7) is 2.67. The minimum Gasteiger partial charge on any atom is -0.494 e. The first-order valence-corrected chi connectivity index (χ1v) is 9.92. The number of fused-ring (bicyclic) bond motifs is 3. The molecule has 1 N–H and O–H groups in total. The number of hydrogen-bond donors (Lipinski definition) is 1. The fourth-order valence-electron chi connectivity index (χ4n) is 3.86. The molecule has 4 aromatic carbocycles. The largest absolute Gasteiger partial charge is 0.494 e. The summed E-state index contributed by atoms with van der Waals surface area (Å²) in [5, 5.41) is 2.47. The molecule has 142 valence electrons. The van der Waals surface area contributed by atoms with Gasteiger partial charge in [-0.1, -0.05) is 36.4 Å². The number of benzene rings is 4. The van der Waals surface area contributed by atoms with Crippen LogP contribution in [0.15, 0.2) is 97.1 Å². The number of aromatic nitrogens is 1. The number of H-pyrrole nitrogens is 1. The Bertz CT molecular complexity index is 1260. The van der Waals surface area contributed by atoms with Crippen molar-refractivity contribution in [3.8, 4) is 5.75 Å². The standard InChI is InChI=1S/C26H22N2O/c1-2-29-22-15-12-20(13-16-22)28(19-8-4-3-5-9-19)21-14-17-26-24(18-21)23-10-6-7-11-25(23)27-26/h3-18,27H,2H2,1H3. The summed E-state index contributed by atoms with van der Waals surface area (Å²) in [6, 6.07) is 33.8. The molecule has 0 amide bonds. The summed E-state index contributed by atoms with van der Waals surface area (Å²) in [5.74, 6) is 0.886. The molecule has 0 radical (unpaired) electrons. The maximum atomic E-state index is 5.62. The topological polar surface area (TPSA) is 28.3 Å². The number of hydrogen-bond acceptors (Lipinski definition) is 2. The third-order valence-electron chi connectivity index (χ3n) is 5.17. The second kappa shape index (κ2) is 7.36. The van der Waals surface area contributed by atoms with Crippen molar-refractivity contribution in [2.45, 2.75) is 6.92 Å². The van der Waals surface area contributed by atoms with Crippen LogP contribution in [-0.2, 0) is 0 Å². The van der Waals surface area contributed by atoms with Crippen molar-refractivity contribution >= 4 is 38.9 Å². The molecule has 3 heteroatoms. The monoisotopic (exact) mass is 378 g/mol. The number of anilines is 3. The quantitative estimate of drug-likeness (QED) is 0.350. The van der Waals surface area contributed by atoms with Gasteiger partial charge >= 0.3 is 0 Å². The minimum atomic E-state index is 0.666. The second-order valence-corrected chi connectivity index (χ2v) is 7.00. The van der Waals surface area contributed by atoms with E-state index < -0.39 is 0 Å². The second-order valence-electron chi connectivity index (χ2n) is 7.00. The summed E-state index contributed by atoms with van der Waals surface area (Å²) >= 11 is 0. The van der Waals surface area contributed by atoms with Gasteiger partial charge in [-0.25, -0.2) is 0 Å². The third kappa shape index (κ3) is 3.21. The Balaban J connectivity index is 1.67. The van der Waals surface area contributed by atoms with E-state index in [1.54, 1.807) is 0 Å². The SMILES string of the molecule is CCOc1ccc(N(c2ccccc2)c2ccc3[nH]c4ccccc4c3c2)cc1. The molecule has 0 aliphatic carbocycles. The van der Waals surface area contributed by atoms with Gasteiger partial charge in [0.15, 0.2) is 0 Å². The molecular weight excluding hydrogens is 356 g/mol. The van der Waals surface area contributed by atoms with E-state index in [-0.39, 0.29) is 0 Å². The molecule has 0 fully saturated rings. The number of rotatable bonds is 5. The van der Waals surface area contributed by atoms with Crippen LogP contribution in [0.25, 0.3) is 21.8 Å². The van der Waals surface area contributed by atoms with Crippen molar-refractivity contribution in [1.82, 2.24) is 4.98 Å². The normalized spacial score (nSPS) is 11.1. The van der Waals surface area contributed by atoms with Crippen LogP contribution in [0.5, 0.6) is 5.75 Å². The predicted molar refractivity (Wildman–Crippen MR) is 122 cm³/mol. The Hall–Kier alpha value is -3.72. The molecule has 0 spiro atoms. The highest BCUT2D eigenvalue weighted by atomic mass is 16.5. The Morgan fingerprint density at radius 2 is 1.31 bits per heavy atom. The van der Waals surface area contributed by atoms with Crippen LogP contribution in [0.2, 0.25) is 0 Å². The molecule has 0 saturated carbocycles. The lowest BCUT2D eigenvalue weighted by Gasteiger charge is -2.25. The van der Waals surface area contributed by atoms with Gasteiger partial charge in [0.05, 0.1) is 6.61 Å². The van der Waals surface area contributed by atoms with Gasteiger partial charge < -0.3 is 14.6 Å². The van der Waals surface area contributed by atoms with Crippen molar-refractivity contribution < 1.29 is 4.74 Å². The van der Waals surface area contributed by atoms with Crippen LogP contribution in [-0.4, -0.2) is 11.6 Å². The highest BCUT2D eigenvalue weighted by Crippen LogP contribution is 2.37. The number of para-hydroxylation sites is 2. The number of aromatic amines is 1. The zero-order chi connectivity index (χ0) is 19.6. The minimum absolute atomic E-state index is 0.666. The van der Waals surface area contributed by atoms with Gasteiger partial charge in [-0.05, 0) is 67.6 Å². The molecule has 0 aliphatic heterocycles. The van der Waals surface area contributed by atoms with Crippen LogP contribution < -0.4 is 9.64 Å². The smallest absolute Gasteiger partial charge is 0.119 e. The van der Waals surface area contributed by atoms with Gasteiger partial charge in [-0.15, -0.1) is 0 Å². The first-order valence-electron chi connectivity index (χ1n) is 9.92. The van der Waals surface area contributed by atoms with Crippen molar-refractivity contribution in [2.24, 2.45) is 0 Å². The lowest BCUT2D eigenvalue weighted by atomic mass is 10.1. The molecule has 3 nitrogen and oxygen atoms in total. The Morgan fingerprint density at radius 1 is 0.655 bits per heavy atom. The molecule has 5 rings (SSSR count). The van der Waals surface area contributed by atoms with E-state index >= 15 is 0 Å². The van der Waals surface area contributed by atoms with Crippen molar-refractivity contribution in [2.75, 3.05) is 11.5 Å². The molecule has 0 atom stereocenters. The molecule has 5 aromatic rings. The van der Waals surface area contributed by atoms with Crippen molar-refractivity contribution in [3.05, 3.63) is 97.1 Å². The summed E-state index contributed by atoms with van der Waals surface area (Å²) in [6.07, 6.45) is 0. The van der Waals surface area contributed by atoms with Crippen LogP contribution in [0.3, 0.4) is 0 Å². The molecule has 0 aliphatic rings. The van der Waals surface area contributed by atoms with E-state index in [0.29, 0.717) is 6.61 Å². The number of ether oxygens (including phenoxy) is 1. The van der Waals surface area contributed by atoms with Gasteiger partial charge in [-0.2, -0.15) is 0 Å². The molecule has 1 heterocycles. The fourth-order valence-corrected chi connectivity index (χ4v) is 3.86. The zero-order valence-electron chi connectivity index (χ0n) is 16.3. The van der Waals surface area contributed by atoms with Gasteiger partial charge in [-0.3, -0.25) is 0 Å². The van der Waals surface area contributed by atoms with Gasteiger partial charge in [0.1, 0.15) is 5.75 Å². The van der Waals surface area contributed by atoms with Crippen LogP contribution in [0.4, 0.5) is 17.1 Å². The molecule has 0 saturated heterocycles. The fraction of sp³-hybridized carbons (Fsp3) is 0.0769. The van der Waals surface area contributed by atoms with Gasteiger partial charge in [0.25, 0.3) is 0 Å².